The summed E-state index contributed by atoms with van der Waals surface area (Å²) in [5.41, 5.74) is 3.06. The molecule has 0 aliphatic carbocycles. The Morgan fingerprint density at radius 1 is 1.03 bits per heavy atom. The summed E-state index contributed by atoms with van der Waals surface area (Å²) in [5, 5.41) is 9.66. The van der Waals surface area contributed by atoms with Gasteiger partial charge in [-0.3, -0.25) is 14.7 Å². The number of hydrogen-bond acceptors (Lipinski definition) is 6. The Morgan fingerprint density at radius 2 is 1.64 bits per heavy atom. The van der Waals surface area contributed by atoms with Crippen LogP contribution in [-0.4, -0.2) is 45.3 Å². The molecule has 2 atom stereocenters. The van der Waals surface area contributed by atoms with E-state index in [1.807, 2.05) is 60.7 Å². The van der Waals surface area contributed by atoms with E-state index in [4.69, 9.17) is 4.74 Å². The number of ether oxygens (including phenoxy) is 1. The van der Waals surface area contributed by atoms with Gasteiger partial charge in [0.05, 0.1) is 0 Å². The van der Waals surface area contributed by atoms with Crippen LogP contribution in [0.2, 0.25) is 0 Å². The molecular formula is C29H24N2O4S. The number of carbonyl (C=O) groups excluding carboxylic acids is 2. The lowest BCUT2D eigenvalue weighted by atomic mass is 10.0. The number of β-lactam (4-membered cyclic amide) rings is 1. The van der Waals surface area contributed by atoms with Gasteiger partial charge in [0.2, 0.25) is 0 Å². The normalized spacial score (nSPS) is 19.2. The minimum absolute atomic E-state index is 0.0900. The Hall–Kier alpha value is -4.10. The number of benzene rings is 3. The van der Waals surface area contributed by atoms with Crippen molar-refractivity contribution in [3.8, 4) is 5.75 Å². The molecule has 0 radical (unpaired) electrons. The van der Waals surface area contributed by atoms with Crippen molar-refractivity contribution in [2.75, 3.05) is 5.75 Å². The smallest absolute Gasteiger partial charge is 0.356 e. The molecule has 5 rings (SSSR count). The van der Waals surface area contributed by atoms with Crippen molar-refractivity contribution in [3.63, 3.8) is 0 Å². The van der Waals surface area contributed by atoms with E-state index in [1.54, 1.807) is 30.3 Å². The number of para-hydroxylation sites is 1. The largest absolute Gasteiger partial charge is 0.507 e. The summed E-state index contributed by atoms with van der Waals surface area (Å²) in [6.45, 7) is 3.85. The third kappa shape index (κ3) is 4.45. The topological polar surface area (TPSA) is 79.2 Å². The Morgan fingerprint density at radius 3 is 2.25 bits per heavy atom. The molecule has 6 nitrogen and oxygen atoms in total. The average Bonchev–Trinajstić information content (AvgIpc) is 2.92. The van der Waals surface area contributed by atoms with Crippen LogP contribution in [0.25, 0.3) is 0 Å². The zero-order valence-corrected chi connectivity index (χ0v) is 20.2. The van der Waals surface area contributed by atoms with Crippen LogP contribution in [0.1, 0.15) is 22.8 Å². The number of allylic oxidation sites excluding steroid dienone is 1. The number of phenolic OH excluding ortho intramolecular Hbond substituents is 1. The van der Waals surface area contributed by atoms with Crippen LogP contribution in [0, 0.1) is 0 Å². The summed E-state index contributed by atoms with van der Waals surface area (Å²) in [5.74, 6) is -0.274. The second-order valence-electron chi connectivity index (χ2n) is 8.38. The summed E-state index contributed by atoms with van der Waals surface area (Å²) in [7, 11) is 0. The van der Waals surface area contributed by atoms with Gasteiger partial charge < -0.3 is 9.84 Å². The standard InChI is InChI=1S/C29H24N2O4S/c1-2-19-18-36-28-24(30-17-22-15-9-10-16-23(22)32)27(33)31(28)25(19)29(34)35-26(20-11-5-3-6-12-20)21-13-7-4-8-14-21/h2-17,24,26,28,32H,1,18H2/t24-,28-/m1/s1. The summed E-state index contributed by atoms with van der Waals surface area (Å²) < 4.78 is 6.06. The molecule has 1 fully saturated rings. The van der Waals surface area contributed by atoms with Gasteiger partial charge in [0.15, 0.2) is 12.1 Å². The molecule has 0 spiro atoms. The maximum atomic E-state index is 13.6. The molecule has 2 heterocycles. The number of aromatic hydroxyl groups is 1. The third-order valence-electron chi connectivity index (χ3n) is 6.15. The number of phenols is 1. The van der Waals surface area contributed by atoms with Crippen LogP contribution in [0.4, 0.5) is 0 Å². The Balaban J connectivity index is 1.41. The quantitative estimate of drug-likeness (QED) is 0.287. The highest BCUT2D eigenvalue weighted by Crippen LogP contribution is 2.43. The van der Waals surface area contributed by atoms with Gasteiger partial charge in [-0.2, -0.15) is 0 Å². The molecule has 0 bridgehead atoms. The lowest BCUT2D eigenvalue weighted by Gasteiger charge is -2.48. The predicted octanol–water partition coefficient (Wildman–Crippen LogP) is 4.87. The van der Waals surface area contributed by atoms with Crippen LogP contribution in [-0.2, 0) is 14.3 Å². The first-order valence-electron chi connectivity index (χ1n) is 11.5. The van der Waals surface area contributed by atoms with Crippen molar-refractivity contribution in [1.29, 1.82) is 0 Å². The monoisotopic (exact) mass is 496 g/mol. The van der Waals surface area contributed by atoms with Crippen molar-refractivity contribution in [1.82, 2.24) is 4.90 Å². The molecule has 2 aliphatic rings. The molecule has 0 unspecified atom stereocenters. The summed E-state index contributed by atoms with van der Waals surface area (Å²) in [6, 6.07) is 25.2. The fourth-order valence-corrected chi connectivity index (χ4v) is 5.61. The van der Waals surface area contributed by atoms with Gasteiger partial charge in [-0.25, -0.2) is 4.79 Å². The van der Waals surface area contributed by atoms with Crippen molar-refractivity contribution in [2.24, 2.45) is 4.99 Å². The van der Waals surface area contributed by atoms with E-state index in [0.29, 0.717) is 16.9 Å². The minimum atomic E-state index is -0.650. The van der Waals surface area contributed by atoms with E-state index in [0.717, 1.165) is 11.1 Å². The molecule has 180 valence electrons. The van der Waals surface area contributed by atoms with E-state index < -0.39 is 18.1 Å². The zero-order valence-electron chi connectivity index (χ0n) is 19.4. The van der Waals surface area contributed by atoms with Gasteiger partial charge in [-0.15, -0.1) is 11.8 Å². The summed E-state index contributed by atoms with van der Waals surface area (Å²) in [4.78, 5) is 32.6. The number of amides is 1. The molecule has 1 amide bonds. The highest BCUT2D eigenvalue weighted by Gasteiger charge is 2.53. The first kappa shape index (κ1) is 23.6. The lowest BCUT2D eigenvalue weighted by Crippen LogP contribution is -2.64. The number of aliphatic imine (C=N–C) groups is 1. The average molecular weight is 497 g/mol. The molecule has 0 saturated carbocycles. The fraction of sp³-hybridized carbons (Fsp3) is 0.138. The van der Waals surface area contributed by atoms with Crippen LogP contribution < -0.4 is 0 Å². The maximum absolute atomic E-state index is 13.6. The molecule has 0 aromatic heterocycles. The van der Waals surface area contributed by atoms with Crippen molar-refractivity contribution in [3.05, 3.63) is 126 Å². The van der Waals surface area contributed by atoms with E-state index in [1.165, 1.54) is 22.9 Å². The van der Waals surface area contributed by atoms with Gasteiger partial charge >= 0.3 is 5.97 Å². The Labute approximate surface area is 213 Å². The van der Waals surface area contributed by atoms with Crippen molar-refractivity contribution in [2.45, 2.75) is 17.5 Å². The second kappa shape index (κ2) is 10.3. The van der Waals surface area contributed by atoms with Crippen LogP contribution in [0.15, 0.2) is 114 Å². The van der Waals surface area contributed by atoms with Crippen LogP contribution in [0.5, 0.6) is 5.75 Å². The molecule has 2 aliphatic heterocycles. The number of fused-ring (bicyclic) bond motifs is 1. The lowest BCUT2D eigenvalue weighted by molar-refractivity contribution is -0.152. The predicted molar refractivity (Wildman–Crippen MR) is 141 cm³/mol. The molecule has 1 N–H and O–H groups in total. The molecule has 36 heavy (non-hydrogen) atoms. The van der Waals surface area contributed by atoms with Gasteiger partial charge in [-0.1, -0.05) is 85.5 Å². The van der Waals surface area contributed by atoms with E-state index in [-0.39, 0.29) is 22.7 Å². The minimum Gasteiger partial charge on any atom is -0.507 e. The van der Waals surface area contributed by atoms with Gasteiger partial charge in [-0.05, 0) is 28.8 Å². The molecular weight excluding hydrogens is 472 g/mol. The van der Waals surface area contributed by atoms with Crippen LogP contribution >= 0.6 is 11.8 Å². The Bertz CT molecular complexity index is 1310. The number of rotatable bonds is 7. The molecule has 3 aromatic rings. The van der Waals surface area contributed by atoms with Gasteiger partial charge in [0, 0.05) is 17.5 Å². The second-order valence-corrected chi connectivity index (χ2v) is 9.48. The van der Waals surface area contributed by atoms with Crippen molar-refractivity contribution < 1.29 is 19.4 Å². The van der Waals surface area contributed by atoms with Gasteiger partial charge in [0.25, 0.3) is 5.91 Å². The number of nitrogens with zero attached hydrogens (tertiary/aromatic N) is 2. The third-order valence-corrected chi connectivity index (χ3v) is 7.44. The molecule has 7 heteroatoms. The number of thioether (sulfide) groups is 1. The van der Waals surface area contributed by atoms with Crippen LogP contribution in [0.3, 0.4) is 0 Å². The van der Waals surface area contributed by atoms with Gasteiger partial charge in [0.1, 0.15) is 16.8 Å². The first-order chi connectivity index (χ1) is 17.6. The summed E-state index contributed by atoms with van der Waals surface area (Å²) in [6.07, 6.45) is 2.48. The molecule has 1 saturated heterocycles. The maximum Gasteiger partial charge on any atom is 0.356 e. The van der Waals surface area contributed by atoms with E-state index >= 15 is 0 Å². The number of carbonyl (C=O) groups is 2. The first-order valence-corrected chi connectivity index (χ1v) is 12.6. The fourth-order valence-electron chi connectivity index (χ4n) is 4.28. The highest BCUT2D eigenvalue weighted by molar-refractivity contribution is 8.00. The highest BCUT2D eigenvalue weighted by atomic mass is 32.2. The number of hydrogen-bond donors (Lipinski definition) is 1. The van der Waals surface area contributed by atoms with E-state index in [2.05, 4.69) is 11.6 Å². The van der Waals surface area contributed by atoms with E-state index in [9.17, 15) is 14.7 Å². The Kier molecular flexibility index (Phi) is 6.73. The molecule has 3 aromatic carbocycles. The SMILES string of the molecule is C=CC1=C(C(=O)OC(c2ccccc2)c2ccccc2)N2C(=O)[C@@H](N=Cc3ccccc3O)[C@H]2SC1. The number of esters is 1. The zero-order chi connectivity index (χ0) is 25.1. The van der Waals surface area contributed by atoms with Crippen molar-refractivity contribution >= 4 is 29.9 Å². The summed E-state index contributed by atoms with van der Waals surface area (Å²) >= 11 is 1.52.